The number of pyridine rings is 1. The number of halogens is 3. The fourth-order valence-corrected chi connectivity index (χ4v) is 3.68. The molecule has 0 spiro atoms. The van der Waals surface area contributed by atoms with Crippen LogP contribution in [0.5, 0.6) is 0 Å². The van der Waals surface area contributed by atoms with E-state index in [1.54, 1.807) is 24.8 Å². The molecule has 3 aromatic rings. The van der Waals surface area contributed by atoms with Crippen molar-refractivity contribution in [2.24, 2.45) is 0 Å². The monoisotopic (exact) mass is 408 g/mol. The van der Waals surface area contributed by atoms with Crippen LogP contribution in [-0.4, -0.2) is 39.2 Å². The largest absolute Gasteiger partial charge is 0.417 e. The van der Waals surface area contributed by atoms with Crippen molar-refractivity contribution in [2.45, 2.75) is 45.2 Å². The van der Waals surface area contributed by atoms with Gasteiger partial charge in [-0.2, -0.15) is 13.2 Å². The van der Waals surface area contributed by atoms with Crippen molar-refractivity contribution in [3.05, 3.63) is 40.5 Å². The minimum absolute atomic E-state index is 0.0784. The molecular formula is C19H19F3N4O3. The van der Waals surface area contributed by atoms with E-state index in [9.17, 15) is 18.0 Å². The average molecular weight is 408 g/mol. The Kier molecular flexibility index (Phi) is 4.79. The second-order valence-electron chi connectivity index (χ2n) is 7.16. The highest BCUT2D eigenvalue weighted by Crippen LogP contribution is 2.40. The summed E-state index contributed by atoms with van der Waals surface area (Å²) < 4.78 is 51.1. The van der Waals surface area contributed by atoms with Crippen LogP contribution in [-0.2, 0) is 12.6 Å². The minimum atomic E-state index is -4.54. The lowest BCUT2D eigenvalue weighted by molar-refractivity contribution is -0.136. The summed E-state index contributed by atoms with van der Waals surface area (Å²) in [6.07, 6.45) is -3.25. The molecule has 29 heavy (non-hydrogen) atoms. The number of rotatable bonds is 3. The molecule has 1 aliphatic rings. The summed E-state index contributed by atoms with van der Waals surface area (Å²) in [6, 6.07) is 2.63. The number of likely N-dealkylation sites (tertiary alicyclic amines) is 1. The van der Waals surface area contributed by atoms with E-state index in [2.05, 4.69) is 15.3 Å². The van der Waals surface area contributed by atoms with E-state index in [0.29, 0.717) is 43.7 Å². The lowest BCUT2D eigenvalue weighted by Gasteiger charge is -2.30. The van der Waals surface area contributed by atoms with E-state index in [4.69, 9.17) is 9.05 Å². The number of alkyl halides is 3. The van der Waals surface area contributed by atoms with Crippen molar-refractivity contribution < 1.29 is 27.0 Å². The minimum Gasteiger partial charge on any atom is -0.351 e. The molecule has 0 saturated carbocycles. The van der Waals surface area contributed by atoms with Gasteiger partial charge in [0.25, 0.3) is 11.6 Å². The van der Waals surface area contributed by atoms with Gasteiger partial charge in [0, 0.05) is 30.8 Å². The zero-order valence-electron chi connectivity index (χ0n) is 15.9. The van der Waals surface area contributed by atoms with Crippen LogP contribution in [0.25, 0.3) is 11.1 Å². The molecule has 0 aliphatic carbocycles. The average Bonchev–Trinajstić information content (AvgIpc) is 3.32. The van der Waals surface area contributed by atoms with Crippen LogP contribution in [0.15, 0.2) is 21.2 Å². The van der Waals surface area contributed by atoms with Gasteiger partial charge in [-0.05, 0) is 32.3 Å². The fourth-order valence-electron chi connectivity index (χ4n) is 3.68. The molecule has 7 nitrogen and oxygen atoms in total. The summed E-state index contributed by atoms with van der Waals surface area (Å²) in [7, 11) is 0. The highest BCUT2D eigenvalue weighted by atomic mass is 19.4. The maximum atomic E-state index is 13.7. The number of carbonyl (C=O) groups excluding carboxylic acids is 1. The van der Waals surface area contributed by atoms with Crippen molar-refractivity contribution >= 4 is 17.0 Å². The molecule has 0 atom stereocenters. The van der Waals surface area contributed by atoms with E-state index < -0.39 is 11.7 Å². The van der Waals surface area contributed by atoms with E-state index in [0.717, 1.165) is 6.07 Å². The number of hydrogen-bond donors (Lipinski definition) is 0. The van der Waals surface area contributed by atoms with Crippen LogP contribution in [0, 0.1) is 6.92 Å². The van der Waals surface area contributed by atoms with E-state index in [1.165, 1.54) is 0 Å². The van der Waals surface area contributed by atoms with Crippen LogP contribution >= 0.6 is 0 Å². The van der Waals surface area contributed by atoms with Crippen molar-refractivity contribution in [1.82, 2.24) is 20.2 Å². The van der Waals surface area contributed by atoms with Gasteiger partial charge in [0.1, 0.15) is 0 Å². The standard InChI is InChI=1S/C19H19F3N4O3/c1-3-12-9-13(19(20,21)22)15-16(25-29-17(15)23-12)11-4-6-26(7-5-11)18(27)14-8-10(2)24-28-14/h8-9,11H,3-7H2,1-2H3. The maximum absolute atomic E-state index is 13.7. The number of carbonyl (C=O) groups is 1. The quantitative estimate of drug-likeness (QED) is 0.648. The molecule has 10 heteroatoms. The highest BCUT2D eigenvalue weighted by Gasteiger charge is 2.38. The van der Waals surface area contributed by atoms with Crippen LogP contribution in [0.2, 0.25) is 0 Å². The number of aromatic nitrogens is 3. The molecule has 0 aromatic carbocycles. The molecular weight excluding hydrogens is 389 g/mol. The van der Waals surface area contributed by atoms with Gasteiger partial charge >= 0.3 is 6.18 Å². The number of hydrogen-bond acceptors (Lipinski definition) is 6. The molecule has 154 valence electrons. The Labute approximate surface area is 163 Å². The first-order chi connectivity index (χ1) is 13.8. The molecule has 1 aliphatic heterocycles. The fraction of sp³-hybridized carbons (Fsp3) is 0.474. The number of amides is 1. The zero-order chi connectivity index (χ0) is 20.8. The van der Waals surface area contributed by atoms with Gasteiger partial charge in [0.2, 0.25) is 5.76 Å². The van der Waals surface area contributed by atoms with Gasteiger partial charge in [-0.3, -0.25) is 4.79 Å². The Morgan fingerprint density at radius 3 is 2.52 bits per heavy atom. The van der Waals surface area contributed by atoms with E-state index in [1.807, 2.05) is 0 Å². The Morgan fingerprint density at radius 1 is 1.21 bits per heavy atom. The third kappa shape index (κ3) is 3.58. The topological polar surface area (TPSA) is 85.3 Å². The summed E-state index contributed by atoms with van der Waals surface area (Å²) in [5.41, 5.74) is 0.296. The van der Waals surface area contributed by atoms with Gasteiger partial charge in [-0.15, -0.1) is 0 Å². The van der Waals surface area contributed by atoms with Crippen molar-refractivity contribution in [3.63, 3.8) is 0 Å². The molecule has 1 saturated heterocycles. The highest BCUT2D eigenvalue weighted by molar-refractivity contribution is 5.91. The van der Waals surface area contributed by atoms with Crippen LogP contribution in [0.4, 0.5) is 13.2 Å². The molecule has 0 radical (unpaired) electrons. The molecule has 4 rings (SSSR count). The number of fused-ring (bicyclic) bond motifs is 1. The Morgan fingerprint density at radius 2 is 1.93 bits per heavy atom. The zero-order valence-corrected chi connectivity index (χ0v) is 15.9. The normalized spacial score (nSPS) is 16.0. The van der Waals surface area contributed by atoms with Crippen molar-refractivity contribution in [1.29, 1.82) is 0 Å². The second kappa shape index (κ2) is 7.16. The Hall–Kier alpha value is -2.91. The summed E-state index contributed by atoms with van der Waals surface area (Å²) in [5, 5.41) is 7.56. The molecule has 3 aromatic heterocycles. The molecule has 4 heterocycles. The van der Waals surface area contributed by atoms with Crippen LogP contribution in [0.3, 0.4) is 0 Å². The summed E-state index contributed by atoms with van der Waals surface area (Å²) in [5.74, 6) is -0.380. The summed E-state index contributed by atoms with van der Waals surface area (Å²) >= 11 is 0. The van der Waals surface area contributed by atoms with Gasteiger partial charge in [-0.25, -0.2) is 4.98 Å². The van der Waals surface area contributed by atoms with Crippen LogP contribution in [0.1, 0.15) is 58.9 Å². The first-order valence-corrected chi connectivity index (χ1v) is 9.37. The first kappa shape index (κ1) is 19.4. The van der Waals surface area contributed by atoms with E-state index >= 15 is 0 Å². The smallest absolute Gasteiger partial charge is 0.351 e. The lowest BCUT2D eigenvalue weighted by atomic mass is 9.90. The molecule has 1 fully saturated rings. The third-order valence-electron chi connectivity index (χ3n) is 5.20. The Bertz CT molecular complexity index is 1050. The second-order valence-corrected chi connectivity index (χ2v) is 7.16. The van der Waals surface area contributed by atoms with Crippen LogP contribution < -0.4 is 0 Å². The lowest BCUT2D eigenvalue weighted by Crippen LogP contribution is -2.37. The predicted octanol–water partition coefficient (Wildman–Crippen LogP) is 4.12. The van der Waals surface area contributed by atoms with Gasteiger partial charge < -0.3 is 13.9 Å². The molecule has 1 amide bonds. The predicted molar refractivity (Wildman–Crippen MR) is 95.3 cm³/mol. The first-order valence-electron chi connectivity index (χ1n) is 9.37. The number of piperidine rings is 1. The molecule has 0 bridgehead atoms. The van der Waals surface area contributed by atoms with Gasteiger partial charge in [-0.1, -0.05) is 17.2 Å². The number of nitrogens with zero attached hydrogens (tertiary/aromatic N) is 4. The number of aryl methyl sites for hydroxylation is 2. The summed E-state index contributed by atoms with van der Waals surface area (Å²) in [6.45, 7) is 4.20. The Balaban J connectivity index is 1.59. The van der Waals surface area contributed by atoms with E-state index in [-0.39, 0.29) is 34.4 Å². The third-order valence-corrected chi connectivity index (χ3v) is 5.20. The van der Waals surface area contributed by atoms with Gasteiger partial charge in [0.05, 0.1) is 22.3 Å². The van der Waals surface area contributed by atoms with Crippen molar-refractivity contribution in [2.75, 3.05) is 13.1 Å². The SMILES string of the molecule is CCc1cc(C(F)(F)F)c2c(C3CCN(C(=O)c4cc(C)no4)CC3)noc2n1. The maximum Gasteiger partial charge on any atom is 0.417 e. The van der Waals surface area contributed by atoms with Gasteiger partial charge in [0.15, 0.2) is 0 Å². The molecule has 0 unspecified atom stereocenters. The molecule has 0 N–H and O–H groups in total. The van der Waals surface area contributed by atoms with Crippen molar-refractivity contribution in [3.8, 4) is 0 Å². The summed E-state index contributed by atoms with van der Waals surface area (Å²) in [4.78, 5) is 18.2.